The van der Waals surface area contributed by atoms with Crippen molar-refractivity contribution in [1.82, 2.24) is 10.2 Å². The summed E-state index contributed by atoms with van der Waals surface area (Å²) in [6, 6.07) is 10.5. The molecule has 2 aromatic rings. The maximum atomic E-state index is 5.98. The Bertz CT molecular complexity index is 582. The maximum absolute atomic E-state index is 5.98. The van der Waals surface area contributed by atoms with Crippen LogP contribution in [0.25, 0.3) is 0 Å². The van der Waals surface area contributed by atoms with Crippen LogP contribution < -0.4 is 10.1 Å². The number of nitrogens with one attached hydrogen (secondary N) is 1. The zero-order chi connectivity index (χ0) is 14.5. The van der Waals surface area contributed by atoms with Crippen molar-refractivity contribution >= 4 is 11.3 Å². The number of benzene rings is 1. The fraction of sp³-hybridized carbons (Fsp3) is 0.412. The molecule has 112 valence electrons. The summed E-state index contributed by atoms with van der Waals surface area (Å²) in [7, 11) is 1.96. The van der Waals surface area contributed by atoms with Gasteiger partial charge in [-0.15, -0.1) is 11.3 Å². The second-order valence-electron chi connectivity index (χ2n) is 5.38. The number of hydrogen-bond donors (Lipinski definition) is 1. The third-order valence-electron chi connectivity index (χ3n) is 3.89. The summed E-state index contributed by atoms with van der Waals surface area (Å²) in [6.45, 7) is 4.80. The van der Waals surface area contributed by atoms with Gasteiger partial charge in [0.2, 0.25) is 0 Å². The molecule has 0 bridgehead atoms. The van der Waals surface area contributed by atoms with E-state index >= 15 is 0 Å². The first kappa shape index (κ1) is 14.6. The molecule has 0 fully saturated rings. The van der Waals surface area contributed by atoms with Crippen LogP contribution in [-0.2, 0) is 19.5 Å². The van der Waals surface area contributed by atoms with Gasteiger partial charge < -0.3 is 10.1 Å². The molecular formula is C17H22N2OS. The molecule has 3 rings (SSSR count). The standard InChI is InChI=1S/C17H22N2OS/c1-18-12-14-4-2-3-5-16(14)20-10-9-19-8-6-17-15(13-19)7-11-21-17/h2-5,7,11,18H,6,8-10,12-13H2,1H3. The average Bonchev–Trinajstić information content (AvgIpc) is 2.97. The molecule has 1 aromatic carbocycles. The van der Waals surface area contributed by atoms with Crippen molar-refractivity contribution in [2.75, 3.05) is 26.7 Å². The van der Waals surface area contributed by atoms with E-state index in [9.17, 15) is 0 Å². The van der Waals surface area contributed by atoms with Crippen molar-refractivity contribution < 1.29 is 4.74 Å². The molecule has 0 saturated carbocycles. The number of para-hydroxylation sites is 1. The van der Waals surface area contributed by atoms with Gasteiger partial charge in [-0.05, 0) is 36.5 Å². The zero-order valence-corrected chi connectivity index (χ0v) is 13.3. The van der Waals surface area contributed by atoms with Gasteiger partial charge in [-0.2, -0.15) is 0 Å². The minimum atomic E-state index is 0.750. The first-order chi connectivity index (χ1) is 10.4. The van der Waals surface area contributed by atoms with E-state index in [0.29, 0.717) is 0 Å². The van der Waals surface area contributed by atoms with Crippen LogP contribution in [-0.4, -0.2) is 31.6 Å². The van der Waals surface area contributed by atoms with Gasteiger partial charge >= 0.3 is 0 Å². The molecule has 1 N–H and O–H groups in total. The van der Waals surface area contributed by atoms with Crippen LogP contribution in [0.1, 0.15) is 16.0 Å². The minimum absolute atomic E-state index is 0.750. The lowest BCUT2D eigenvalue weighted by molar-refractivity contribution is 0.196. The molecule has 1 aliphatic rings. The SMILES string of the molecule is CNCc1ccccc1OCCN1CCc2sccc2C1. The van der Waals surface area contributed by atoms with Crippen LogP contribution in [0.2, 0.25) is 0 Å². The Morgan fingerprint density at radius 1 is 1.29 bits per heavy atom. The topological polar surface area (TPSA) is 24.5 Å². The van der Waals surface area contributed by atoms with Gasteiger partial charge in [-0.25, -0.2) is 0 Å². The number of fused-ring (bicyclic) bond motifs is 1. The average molecular weight is 302 g/mol. The van der Waals surface area contributed by atoms with Crippen LogP contribution in [0, 0.1) is 0 Å². The van der Waals surface area contributed by atoms with Crippen molar-refractivity contribution in [3.05, 3.63) is 51.7 Å². The molecule has 1 aliphatic heterocycles. The summed E-state index contributed by atoms with van der Waals surface area (Å²) in [5.74, 6) is 1.00. The van der Waals surface area contributed by atoms with E-state index in [1.54, 1.807) is 4.88 Å². The van der Waals surface area contributed by atoms with Crippen molar-refractivity contribution in [3.8, 4) is 5.75 Å². The summed E-state index contributed by atoms with van der Waals surface area (Å²) in [5, 5.41) is 5.39. The summed E-state index contributed by atoms with van der Waals surface area (Å²) >= 11 is 1.89. The molecule has 0 spiro atoms. The molecule has 3 nitrogen and oxygen atoms in total. The van der Waals surface area contributed by atoms with Crippen LogP contribution >= 0.6 is 11.3 Å². The van der Waals surface area contributed by atoms with Gasteiger partial charge in [-0.1, -0.05) is 18.2 Å². The van der Waals surface area contributed by atoms with Gasteiger partial charge in [0.1, 0.15) is 12.4 Å². The first-order valence-corrected chi connectivity index (χ1v) is 8.37. The van der Waals surface area contributed by atoms with Gasteiger partial charge in [0, 0.05) is 36.6 Å². The van der Waals surface area contributed by atoms with Gasteiger partial charge in [0.05, 0.1) is 0 Å². The fourth-order valence-corrected chi connectivity index (χ4v) is 3.65. The molecule has 0 atom stereocenters. The van der Waals surface area contributed by atoms with Crippen LogP contribution in [0.4, 0.5) is 0 Å². The molecule has 4 heteroatoms. The quantitative estimate of drug-likeness (QED) is 0.888. The Balaban J connectivity index is 1.51. The maximum Gasteiger partial charge on any atom is 0.123 e. The highest BCUT2D eigenvalue weighted by Gasteiger charge is 2.16. The van der Waals surface area contributed by atoms with Crippen molar-refractivity contribution in [2.45, 2.75) is 19.5 Å². The zero-order valence-electron chi connectivity index (χ0n) is 12.5. The van der Waals surface area contributed by atoms with E-state index < -0.39 is 0 Å². The van der Waals surface area contributed by atoms with E-state index in [1.807, 2.05) is 24.5 Å². The Kier molecular flexibility index (Phi) is 4.91. The van der Waals surface area contributed by atoms with Gasteiger partial charge in [-0.3, -0.25) is 4.90 Å². The minimum Gasteiger partial charge on any atom is -0.492 e. The molecule has 0 saturated heterocycles. The number of thiophene rings is 1. The van der Waals surface area contributed by atoms with E-state index in [2.05, 4.69) is 39.9 Å². The second-order valence-corrected chi connectivity index (χ2v) is 6.38. The lowest BCUT2D eigenvalue weighted by Gasteiger charge is -2.26. The Hall–Kier alpha value is -1.36. The van der Waals surface area contributed by atoms with Crippen LogP contribution in [0.15, 0.2) is 35.7 Å². The highest BCUT2D eigenvalue weighted by molar-refractivity contribution is 7.10. The van der Waals surface area contributed by atoms with Crippen molar-refractivity contribution in [2.24, 2.45) is 0 Å². The molecule has 0 radical (unpaired) electrons. The normalized spacial score (nSPS) is 14.9. The Morgan fingerprint density at radius 2 is 2.19 bits per heavy atom. The number of rotatable bonds is 6. The van der Waals surface area contributed by atoms with E-state index in [1.165, 1.54) is 17.5 Å². The van der Waals surface area contributed by atoms with Crippen LogP contribution in [0.5, 0.6) is 5.75 Å². The number of nitrogens with zero attached hydrogens (tertiary/aromatic N) is 1. The van der Waals surface area contributed by atoms with E-state index in [-0.39, 0.29) is 0 Å². The first-order valence-electron chi connectivity index (χ1n) is 7.49. The van der Waals surface area contributed by atoms with Gasteiger partial charge in [0.25, 0.3) is 0 Å². The second kappa shape index (κ2) is 7.07. The smallest absolute Gasteiger partial charge is 0.123 e. The highest BCUT2D eigenvalue weighted by atomic mass is 32.1. The molecule has 0 unspecified atom stereocenters. The Labute approximate surface area is 130 Å². The lowest BCUT2D eigenvalue weighted by atomic mass is 10.1. The number of hydrogen-bond acceptors (Lipinski definition) is 4. The van der Waals surface area contributed by atoms with Crippen molar-refractivity contribution in [3.63, 3.8) is 0 Å². The largest absolute Gasteiger partial charge is 0.492 e. The lowest BCUT2D eigenvalue weighted by Crippen LogP contribution is -2.33. The van der Waals surface area contributed by atoms with Crippen molar-refractivity contribution in [1.29, 1.82) is 0 Å². The summed E-state index contributed by atoms with van der Waals surface area (Å²) in [6.07, 6.45) is 1.18. The third-order valence-corrected chi connectivity index (χ3v) is 4.91. The summed E-state index contributed by atoms with van der Waals surface area (Å²) in [4.78, 5) is 4.04. The van der Waals surface area contributed by atoms with E-state index in [0.717, 1.165) is 38.5 Å². The molecule has 2 heterocycles. The summed E-state index contributed by atoms with van der Waals surface area (Å²) < 4.78 is 5.98. The fourth-order valence-electron chi connectivity index (χ4n) is 2.76. The molecule has 0 aliphatic carbocycles. The predicted molar refractivity (Wildman–Crippen MR) is 88.0 cm³/mol. The molecule has 1 aromatic heterocycles. The molecular weight excluding hydrogens is 280 g/mol. The molecule has 0 amide bonds. The summed E-state index contributed by atoms with van der Waals surface area (Å²) in [5.41, 5.74) is 2.72. The monoisotopic (exact) mass is 302 g/mol. The van der Waals surface area contributed by atoms with Gasteiger partial charge in [0.15, 0.2) is 0 Å². The number of ether oxygens (including phenoxy) is 1. The third kappa shape index (κ3) is 3.64. The van der Waals surface area contributed by atoms with E-state index in [4.69, 9.17) is 4.74 Å². The highest BCUT2D eigenvalue weighted by Crippen LogP contribution is 2.24. The Morgan fingerprint density at radius 3 is 3.10 bits per heavy atom. The van der Waals surface area contributed by atoms with Crippen LogP contribution in [0.3, 0.4) is 0 Å². The molecule has 21 heavy (non-hydrogen) atoms. The predicted octanol–water partition coefficient (Wildman–Crippen LogP) is 2.90.